The fourth-order valence-electron chi connectivity index (χ4n) is 1.87. The topological polar surface area (TPSA) is 97.4 Å². The van der Waals surface area contributed by atoms with Crippen molar-refractivity contribution in [2.24, 2.45) is 0 Å². The van der Waals surface area contributed by atoms with E-state index in [4.69, 9.17) is 4.74 Å². The molecular weight excluding hydrogens is 354 g/mol. The number of likely N-dealkylation sites (N-methyl/N-ethyl adjacent to an activating group) is 1. The number of rotatable bonds is 7. The zero-order valence-corrected chi connectivity index (χ0v) is 15.3. The van der Waals surface area contributed by atoms with Crippen molar-refractivity contribution in [3.8, 4) is 0 Å². The van der Waals surface area contributed by atoms with Gasteiger partial charge in [-0.25, -0.2) is 9.78 Å². The lowest BCUT2D eigenvalue weighted by atomic mass is 10.2. The van der Waals surface area contributed by atoms with Gasteiger partial charge in [0.1, 0.15) is 5.03 Å². The van der Waals surface area contributed by atoms with Crippen molar-refractivity contribution in [2.45, 2.75) is 16.8 Å². The summed E-state index contributed by atoms with van der Waals surface area (Å²) in [4.78, 5) is 40.1. The van der Waals surface area contributed by atoms with Gasteiger partial charge in [-0.15, -0.1) is 0 Å². The van der Waals surface area contributed by atoms with Crippen LogP contribution in [-0.4, -0.2) is 43.0 Å². The van der Waals surface area contributed by atoms with Gasteiger partial charge in [0.25, 0.3) is 5.91 Å². The van der Waals surface area contributed by atoms with E-state index < -0.39 is 18.5 Å². The van der Waals surface area contributed by atoms with Crippen LogP contribution in [0.1, 0.15) is 15.9 Å². The summed E-state index contributed by atoms with van der Waals surface area (Å²) < 4.78 is 5.02. The molecule has 1 aromatic carbocycles. The molecule has 8 heteroatoms. The Morgan fingerprint density at radius 3 is 2.54 bits per heavy atom. The first-order valence-corrected chi connectivity index (χ1v) is 8.65. The summed E-state index contributed by atoms with van der Waals surface area (Å²) in [6.45, 7) is 1.35. The van der Waals surface area contributed by atoms with Crippen molar-refractivity contribution in [3.05, 3.63) is 53.7 Å². The molecule has 0 aliphatic heterocycles. The monoisotopic (exact) mass is 373 g/mol. The first-order chi connectivity index (χ1) is 12.5. The Hall–Kier alpha value is -2.87. The predicted octanol–water partition coefficient (Wildman–Crippen LogP) is 1.56. The Bertz CT molecular complexity index is 793. The maximum atomic E-state index is 12.3. The number of aryl methyl sites for hydroxylation is 1. The predicted molar refractivity (Wildman–Crippen MR) is 96.9 cm³/mol. The number of ether oxygens (including phenoxy) is 1. The molecule has 0 unspecified atom stereocenters. The molecule has 0 bridgehead atoms. The summed E-state index contributed by atoms with van der Waals surface area (Å²) in [6.07, 6.45) is 1.59. The highest BCUT2D eigenvalue weighted by Gasteiger charge is 2.16. The number of hydrogen-bond donors (Lipinski definition) is 2. The maximum absolute atomic E-state index is 12.3. The number of carbonyl (C=O) groups is 3. The van der Waals surface area contributed by atoms with Crippen LogP contribution in [0.5, 0.6) is 0 Å². The Labute approximate surface area is 155 Å². The lowest BCUT2D eigenvalue weighted by Gasteiger charge is -2.09. The van der Waals surface area contributed by atoms with Gasteiger partial charge in [0.15, 0.2) is 6.61 Å². The minimum atomic E-state index is -0.650. The SMILES string of the molecule is CNC(=O)CNC(=O)COC(=O)c1cccnc1Sc1ccc(C)cc1. The molecule has 7 nitrogen and oxygen atoms in total. The molecule has 2 rings (SSSR count). The van der Waals surface area contributed by atoms with Gasteiger partial charge in [0.2, 0.25) is 5.91 Å². The molecule has 1 aromatic heterocycles. The molecule has 0 spiro atoms. The second-order valence-electron chi connectivity index (χ2n) is 5.30. The Morgan fingerprint density at radius 2 is 1.85 bits per heavy atom. The number of hydrogen-bond acceptors (Lipinski definition) is 6. The van der Waals surface area contributed by atoms with Crippen LogP contribution in [0.15, 0.2) is 52.5 Å². The zero-order valence-electron chi connectivity index (χ0n) is 14.4. The highest BCUT2D eigenvalue weighted by Crippen LogP contribution is 2.29. The van der Waals surface area contributed by atoms with Crippen molar-refractivity contribution < 1.29 is 19.1 Å². The van der Waals surface area contributed by atoms with Gasteiger partial charge < -0.3 is 15.4 Å². The number of nitrogens with zero attached hydrogens (tertiary/aromatic N) is 1. The number of esters is 1. The molecule has 0 radical (unpaired) electrons. The van der Waals surface area contributed by atoms with Crippen LogP contribution in [-0.2, 0) is 14.3 Å². The highest BCUT2D eigenvalue weighted by atomic mass is 32.2. The fraction of sp³-hybridized carbons (Fsp3) is 0.222. The first-order valence-electron chi connectivity index (χ1n) is 7.83. The molecule has 1 heterocycles. The highest BCUT2D eigenvalue weighted by molar-refractivity contribution is 7.99. The summed E-state index contributed by atoms with van der Waals surface area (Å²) in [6, 6.07) is 11.0. The number of amides is 2. The van der Waals surface area contributed by atoms with E-state index in [1.54, 1.807) is 18.3 Å². The molecule has 0 aliphatic carbocycles. The van der Waals surface area contributed by atoms with Gasteiger partial charge in [0, 0.05) is 18.1 Å². The third kappa shape index (κ3) is 5.89. The van der Waals surface area contributed by atoms with E-state index in [0.717, 1.165) is 10.5 Å². The van der Waals surface area contributed by atoms with Crippen LogP contribution in [0.4, 0.5) is 0 Å². The lowest BCUT2D eigenvalue weighted by molar-refractivity contribution is -0.127. The van der Waals surface area contributed by atoms with Gasteiger partial charge in [-0.05, 0) is 31.2 Å². The molecule has 26 heavy (non-hydrogen) atoms. The van der Waals surface area contributed by atoms with Crippen LogP contribution in [0.25, 0.3) is 0 Å². The number of aromatic nitrogens is 1. The third-order valence-corrected chi connectivity index (χ3v) is 4.31. The first kappa shape index (κ1) is 19.5. The maximum Gasteiger partial charge on any atom is 0.341 e. The molecule has 2 N–H and O–H groups in total. The summed E-state index contributed by atoms with van der Waals surface area (Å²) >= 11 is 1.34. The molecule has 2 amide bonds. The zero-order chi connectivity index (χ0) is 18.9. The van der Waals surface area contributed by atoms with E-state index in [1.165, 1.54) is 18.8 Å². The molecule has 0 saturated heterocycles. The summed E-state index contributed by atoms with van der Waals surface area (Å²) in [5, 5.41) is 5.22. The average molecular weight is 373 g/mol. The molecular formula is C18H19N3O4S. The molecule has 2 aromatic rings. The minimum Gasteiger partial charge on any atom is -0.452 e. The van der Waals surface area contributed by atoms with Crippen LogP contribution in [0, 0.1) is 6.92 Å². The Kier molecular flexibility index (Phi) is 7.16. The largest absolute Gasteiger partial charge is 0.452 e. The second kappa shape index (κ2) is 9.57. The second-order valence-corrected chi connectivity index (χ2v) is 6.36. The fourth-order valence-corrected chi connectivity index (χ4v) is 2.74. The lowest BCUT2D eigenvalue weighted by Crippen LogP contribution is -2.37. The number of benzene rings is 1. The summed E-state index contributed by atoms with van der Waals surface area (Å²) in [7, 11) is 1.46. The normalized spacial score (nSPS) is 10.1. The van der Waals surface area contributed by atoms with Crippen LogP contribution >= 0.6 is 11.8 Å². The molecule has 0 saturated carbocycles. The molecule has 0 atom stereocenters. The van der Waals surface area contributed by atoms with Gasteiger partial charge in [-0.1, -0.05) is 29.5 Å². The quantitative estimate of drug-likeness (QED) is 0.715. The van der Waals surface area contributed by atoms with Crippen LogP contribution in [0.2, 0.25) is 0 Å². The smallest absolute Gasteiger partial charge is 0.341 e. The van der Waals surface area contributed by atoms with E-state index in [2.05, 4.69) is 15.6 Å². The Morgan fingerprint density at radius 1 is 1.12 bits per heavy atom. The van der Waals surface area contributed by atoms with Gasteiger partial charge >= 0.3 is 5.97 Å². The van der Waals surface area contributed by atoms with Crippen molar-refractivity contribution in [1.82, 2.24) is 15.6 Å². The van der Waals surface area contributed by atoms with Crippen molar-refractivity contribution in [1.29, 1.82) is 0 Å². The van der Waals surface area contributed by atoms with Gasteiger partial charge in [0.05, 0.1) is 12.1 Å². The van der Waals surface area contributed by atoms with Crippen molar-refractivity contribution in [3.63, 3.8) is 0 Å². The van der Waals surface area contributed by atoms with Crippen LogP contribution < -0.4 is 10.6 Å². The van der Waals surface area contributed by atoms with Gasteiger partial charge in [-0.3, -0.25) is 9.59 Å². The third-order valence-electron chi connectivity index (χ3n) is 3.29. The van der Waals surface area contributed by atoms with Gasteiger partial charge in [-0.2, -0.15) is 0 Å². The Balaban J connectivity index is 1.97. The van der Waals surface area contributed by atoms with Crippen LogP contribution in [0.3, 0.4) is 0 Å². The number of pyridine rings is 1. The molecule has 0 aliphatic rings. The summed E-state index contributed by atoms with van der Waals surface area (Å²) in [5.74, 6) is -1.55. The number of carbonyl (C=O) groups excluding carboxylic acids is 3. The van der Waals surface area contributed by atoms with Crippen molar-refractivity contribution in [2.75, 3.05) is 20.2 Å². The number of nitrogens with one attached hydrogen (secondary N) is 2. The average Bonchev–Trinajstić information content (AvgIpc) is 2.66. The van der Waals surface area contributed by atoms with E-state index >= 15 is 0 Å². The van der Waals surface area contributed by atoms with E-state index in [-0.39, 0.29) is 18.0 Å². The van der Waals surface area contributed by atoms with E-state index in [1.807, 2.05) is 31.2 Å². The molecule has 0 fully saturated rings. The summed E-state index contributed by atoms with van der Waals surface area (Å²) in [5.41, 5.74) is 1.41. The van der Waals surface area contributed by atoms with Crippen molar-refractivity contribution >= 4 is 29.5 Å². The standard InChI is InChI=1S/C18H19N3O4S/c1-12-5-7-13(8-6-12)26-17-14(4-3-9-20-17)18(24)25-11-16(23)21-10-15(22)19-2/h3-9H,10-11H2,1-2H3,(H,19,22)(H,21,23). The minimum absolute atomic E-state index is 0.172. The van der Waals surface area contributed by atoms with E-state index in [9.17, 15) is 14.4 Å². The van der Waals surface area contributed by atoms with E-state index in [0.29, 0.717) is 5.03 Å². The molecule has 136 valence electrons.